The highest BCUT2D eigenvalue weighted by Crippen LogP contribution is 2.28. The van der Waals surface area contributed by atoms with Crippen LogP contribution in [0.2, 0.25) is 5.02 Å². The Morgan fingerprint density at radius 2 is 2.29 bits per heavy atom. The van der Waals surface area contributed by atoms with Crippen LogP contribution in [0.15, 0.2) is 27.2 Å². The van der Waals surface area contributed by atoms with E-state index in [1.807, 2.05) is 6.92 Å². The number of imidazole rings is 1. The quantitative estimate of drug-likeness (QED) is 0.925. The van der Waals surface area contributed by atoms with Crippen LogP contribution in [0.1, 0.15) is 12.6 Å². The number of rotatable bonds is 3. The molecule has 0 unspecified atom stereocenters. The lowest BCUT2D eigenvalue weighted by Gasteiger charge is -2.02. The second-order valence-electron chi connectivity index (χ2n) is 3.42. The maximum atomic E-state index is 11.6. The maximum absolute atomic E-state index is 11.6. The third-order valence-electron chi connectivity index (χ3n) is 2.24. The normalized spacial score (nSPS) is 10.8. The van der Waals surface area contributed by atoms with E-state index in [2.05, 4.69) is 15.1 Å². The first-order valence-corrected chi connectivity index (χ1v) is 6.24. The minimum Gasteiger partial charge on any atom is -0.337 e. The molecule has 1 N–H and O–H groups in total. The van der Waals surface area contributed by atoms with E-state index in [4.69, 9.17) is 11.6 Å². The van der Waals surface area contributed by atoms with Gasteiger partial charge >= 0.3 is 0 Å². The van der Waals surface area contributed by atoms with Gasteiger partial charge in [-0.05, 0) is 18.2 Å². The molecule has 5 nitrogen and oxygen atoms in total. The number of hydrogen-bond donors (Lipinski definition) is 1. The van der Waals surface area contributed by atoms with E-state index < -0.39 is 0 Å². The molecule has 0 atom stereocenters. The van der Waals surface area contributed by atoms with Crippen molar-refractivity contribution >= 4 is 23.4 Å². The van der Waals surface area contributed by atoms with E-state index in [-0.39, 0.29) is 10.6 Å². The molecule has 0 saturated heterocycles. The Bertz CT molecular complexity index is 592. The molecule has 7 heteroatoms. The molecule has 2 aromatic rings. The van der Waals surface area contributed by atoms with Crippen LogP contribution in [0.3, 0.4) is 0 Å². The van der Waals surface area contributed by atoms with Crippen LogP contribution >= 0.6 is 23.4 Å². The summed E-state index contributed by atoms with van der Waals surface area (Å²) in [6.45, 7) is 2.04. The molecule has 0 aliphatic rings. The zero-order valence-corrected chi connectivity index (χ0v) is 11.0. The zero-order chi connectivity index (χ0) is 12.4. The molecular weight excluding hydrogens is 260 g/mol. The van der Waals surface area contributed by atoms with Crippen LogP contribution < -0.4 is 5.56 Å². The van der Waals surface area contributed by atoms with E-state index in [1.54, 1.807) is 19.4 Å². The molecule has 17 heavy (non-hydrogen) atoms. The van der Waals surface area contributed by atoms with Crippen molar-refractivity contribution in [1.29, 1.82) is 0 Å². The topological polar surface area (TPSA) is 63.6 Å². The first-order valence-electron chi connectivity index (χ1n) is 5.05. The number of aryl methyl sites for hydroxylation is 2. The largest absolute Gasteiger partial charge is 0.337 e. The summed E-state index contributed by atoms with van der Waals surface area (Å²) in [7, 11) is 1.56. The molecule has 90 valence electrons. The van der Waals surface area contributed by atoms with Crippen molar-refractivity contribution in [2.75, 3.05) is 0 Å². The summed E-state index contributed by atoms with van der Waals surface area (Å²) in [6, 6.07) is 0. The average molecular weight is 271 g/mol. The van der Waals surface area contributed by atoms with Crippen LogP contribution in [0.4, 0.5) is 0 Å². The fourth-order valence-corrected chi connectivity index (χ4v) is 2.30. The molecule has 2 heterocycles. The molecule has 2 rings (SSSR count). The smallest absolute Gasteiger partial charge is 0.286 e. The second kappa shape index (κ2) is 4.93. The number of hydrogen-bond acceptors (Lipinski definition) is 4. The summed E-state index contributed by atoms with van der Waals surface area (Å²) in [6.07, 6.45) is 4.21. The SMILES string of the molecule is CCc1cnc(Sc2cnn(C)c(=O)c2Cl)[nH]1. The minimum atomic E-state index is -0.307. The van der Waals surface area contributed by atoms with Gasteiger partial charge in [0.05, 0.1) is 11.1 Å². The molecule has 0 aliphatic carbocycles. The highest BCUT2D eigenvalue weighted by atomic mass is 35.5. The van der Waals surface area contributed by atoms with Gasteiger partial charge in [-0.15, -0.1) is 0 Å². The Balaban J connectivity index is 2.30. The van der Waals surface area contributed by atoms with E-state index in [0.29, 0.717) is 10.1 Å². The van der Waals surface area contributed by atoms with Crippen molar-refractivity contribution in [2.45, 2.75) is 23.4 Å². The van der Waals surface area contributed by atoms with Gasteiger partial charge in [0.2, 0.25) is 0 Å². The Morgan fingerprint density at radius 3 is 2.94 bits per heavy atom. The molecule has 2 aromatic heterocycles. The Hall–Kier alpha value is -1.27. The van der Waals surface area contributed by atoms with Crippen LogP contribution in [-0.2, 0) is 13.5 Å². The van der Waals surface area contributed by atoms with Crippen molar-refractivity contribution in [3.05, 3.63) is 33.5 Å². The van der Waals surface area contributed by atoms with Gasteiger partial charge in [-0.1, -0.05) is 18.5 Å². The van der Waals surface area contributed by atoms with E-state index in [9.17, 15) is 4.79 Å². The van der Waals surface area contributed by atoms with Gasteiger partial charge < -0.3 is 4.98 Å². The fourth-order valence-electron chi connectivity index (χ4n) is 1.24. The van der Waals surface area contributed by atoms with Gasteiger partial charge in [0.15, 0.2) is 5.16 Å². The minimum absolute atomic E-state index is 0.168. The van der Waals surface area contributed by atoms with Crippen molar-refractivity contribution in [2.24, 2.45) is 7.05 Å². The number of aromatic amines is 1. The second-order valence-corrected chi connectivity index (χ2v) is 4.83. The molecule has 0 aliphatic heterocycles. The lowest BCUT2D eigenvalue weighted by atomic mass is 10.4. The van der Waals surface area contributed by atoms with Crippen LogP contribution in [-0.4, -0.2) is 19.7 Å². The molecular formula is C10H11ClN4OS. The number of halogens is 1. The van der Waals surface area contributed by atoms with Crippen molar-refractivity contribution in [3.8, 4) is 0 Å². The van der Waals surface area contributed by atoms with Crippen molar-refractivity contribution in [1.82, 2.24) is 19.7 Å². The van der Waals surface area contributed by atoms with E-state index in [1.165, 1.54) is 16.4 Å². The summed E-state index contributed by atoms with van der Waals surface area (Å²) in [5.74, 6) is 0. The van der Waals surface area contributed by atoms with Crippen LogP contribution in [0.5, 0.6) is 0 Å². The van der Waals surface area contributed by atoms with Crippen LogP contribution in [0.25, 0.3) is 0 Å². The molecule has 0 saturated carbocycles. The number of aromatic nitrogens is 4. The van der Waals surface area contributed by atoms with Gasteiger partial charge in [-0.25, -0.2) is 9.67 Å². The third kappa shape index (κ3) is 2.53. The summed E-state index contributed by atoms with van der Waals surface area (Å²) in [4.78, 5) is 19.5. The fraction of sp³-hybridized carbons (Fsp3) is 0.300. The molecule has 0 amide bonds. The first kappa shape index (κ1) is 12.2. The lowest BCUT2D eigenvalue weighted by molar-refractivity contribution is 0.696. The highest BCUT2D eigenvalue weighted by molar-refractivity contribution is 7.99. The predicted octanol–water partition coefficient (Wildman–Crippen LogP) is 1.87. The van der Waals surface area contributed by atoms with Crippen molar-refractivity contribution in [3.63, 3.8) is 0 Å². The molecule has 0 radical (unpaired) electrons. The molecule has 0 fully saturated rings. The maximum Gasteiger partial charge on any atom is 0.286 e. The first-order chi connectivity index (χ1) is 8.11. The number of nitrogens with zero attached hydrogens (tertiary/aromatic N) is 3. The summed E-state index contributed by atoms with van der Waals surface area (Å²) < 4.78 is 1.20. The average Bonchev–Trinajstić information content (AvgIpc) is 2.78. The molecule has 0 aromatic carbocycles. The number of H-pyrrole nitrogens is 1. The molecule has 0 bridgehead atoms. The van der Waals surface area contributed by atoms with Gasteiger partial charge in [-0.2, -0.15) is 5.10 Å². The third-order valence-corrected chi connectivity index (χ3v) is 3.65. The predicted molar refractivity (Wildman–Crippen MR) is 66.6 cm³/mol. The highest BCUT2D eigenvalue weighted by Gasteiger charge is 2.10. The number of nitrogens with one attached hydrogen (secondary N) is 1. The van der Waals surface area contributed by atoms with Gasteiger partial charge in [0.1, 0.15) is 5.02 Å². The Morgan fingerprint density at radius 1 is 1.53 bits per heavy atom. The van der Waals surface area contributed by atoms with Crippen molar-refractivity contribution < 1.29 is 0 Å². The Kier molecular flexibility index (Phi) is 3.54. The summed E-state index contributed by atoms with van der Waals surface area (Å²) >= 11 is 7.25. The summed E-state index contributed by atoms with van der Waals surface area (Å²) in [5, 5.41) is 4.80. The standard InChI is InChI=1S/C10H11ClN4OS/c1-3-6-4-12-10(14-6)17-7-5-13-15(2)9(16)8(7)11/h4-5H,3H2,1-2H3,(H,12,14). The van der Waals surface area contributed by atoms with E-state index >= 15 is 0 Å². The summed E-state index contributed by atoms with van der Waals surface area (Å²) in [5.41, 5.74) is 0.736. The lowest BCUT2D eigenvalue weighted by Crippen LogP contribution is -2.19. The Labute approximate surface area is 107 Å². The monoisotopic (exact) mass is 270 g/mol. The van der Waals surface area contributed by atoms with Gasteiger partial charge in [0, 0.05) is 18.9 Å². The van der Waals surface area contributed by atoms with Crippen LogP contribution in [0, 0.1) is 0 Å². The van der Waals surface area contributed by atoms with Gasteiger partial charge in [0.25, 0.3) is 5.56 Å². The zero-order valence-electron chi connectivity index (χ0n) is 9.40. The van der Waals surface area contributed by atoms with E-state index in [0.717, 1.165) is 12.1 Å². The molecule has 0 spiro atoms. The van der Waals surface area contributed by atoms with Gasteiger partial charge in [-0.3, -0.25) is 4.79 Å².